The number of nitriles is 1. The second-order valence-electron chi connectivity index (χ2n) is 7.43. The Balaban J connectivity index is 1.59. The van der Waals surface area contributed by atoms with Gasteiger partial charge in [0.15, 0.2) is 11.4 Å². The van der Waals surface area contributed by atoms with E-state index in [1.54, 1.807) is 0 Å². The molecule has 0 amide bonds. The number of benzene rings is 2. The van der Waals surface area contributed by atoms with E-state index in [0.29, 0.717) is 24.7 Å². The minimum absolute atomic E-state index is 0.0919. The van der Waals surface area contributed by atoms with Gasteiger partial charge in [-0.15, -0.1) is 0 Å². The Hall–Kier alpha value is -3.59. The minimum Gasteiger partial charge on any atom is -0.489 e. The van der Waals surface area contributed by atoms with Crippen molar-refractivity contribution in [2.75, 3.05) is 18.0 Å². The molecular weight excluding hydrogens is 376 g/mol. The molecule has 3 aromatic rings. The second-order valence-corrected chi connectivity index (χ2v) is 7.43. The number of para-hydroxylation sites is 1. The van der Waals surface area contributed by atoms with Crippen molar-refractivity contribution in [3.05, 3.63) is 87.5 Å². The standard InChI is InChI=1S/C24H24N4O2/c25-16-20-23(28-13-7-2-8-14-28)26-22(27-24(20)29)15-19-11-5-6-12-21(19)30-17-18-9-3-1-4-10-18/h1,3-6,9-12H,2,7-8,13-15,17H2,(H,26,27,29). The molecule has 30 heavy (non-hydrogen) atoms. The van der Waals surface area contributed by atoms with Crippen molar-refractivity contribution in [2.45, 2.75) is 32.3 Å². The summed E-state index contributed by atoms with van der Waals surface area (Å²) in [6, 6.07) is 19.8. The van der Waals surface area contributed by atoms with Crippen LogP contribution in [-0.2, 0) is 13.0 Å². The Kier molecular flexibility index (Phi) is 6.09. The Labute approximate surface area is 175 Å². The van der Waals surface area contributed by atoms with E-state index in [0.717, 1.165) is 42.8 Å². The molecule has 1 N–H and O–H groups in total. The first-order valence-electron chi connectivity index (χ1n) is 10.3. The normalized spacial score (nSPS) is 13.6. The third-order valence-corrected chi connectivity index (χ3v) is 5.28. The van der Waals surface area contributed by atoms with Crippen molar-refractivity contribution >= 4 is 5.82 Å². The summed E-state index contributed by atoms with van der Waals surface area (Å²) in [5.74, 6) is 1.79. The van der Waals surface area contributed by atoms with Gasteiger partial charge in [-0.05, 0) is 30.9 Å². The molecule has 0 aliphatic carbocycles. The Morgan fingerprint density at radius 2 is 1.77 bits per heavy atom. The number of anilines is 1. The van der Waals surface area contributed by atoms with E-state index in [4.69, 9.17) is 4.74 Å². The van der Waals surface area contributed by atoms with Crippen LogP contribution in [0.4, 0.5) is 5.82 Å². The monoisotopic (exact) mass is 400 g/mol. The highest BCUT2D eigenvalue weighted by molar-refractivity contribution is 5.53. The number of nitrogens with zero attached hydrogens (tertiary/aromatic N) is 3. The number of hydrogen-bond donors (Lipinski definition) is 1. The third-order valence-electron chi connectivity index (χ3n) is 5.28. The van der Waals surface area contributed by atoms with Crippen molar-refractivity contribution in [3.63, 3.8) is 0 Å². The summed E-state index contributed by atoms with van der Waals surface area (Å²) >= 11 is 0. The molecule has 4 rings (SSSR count). The van der Waals surface area contributed by atoms with Gasteiger partial charge >= 0.3 is 0 Å². The molecule has 1 aromatic heterocycles. The molecule has 0 bridgehead atoms. The van der Waals surface area contributed by atoms with Crippen LogP contribution in [0.25, 0.3) is 0 Å². The zero-order valence-electron chi connectivity index (χ0n) is 16.8. The molecule has 0 radical (unpaired) electrons. The van der Waals surface area contributed by atoms with Crippen molar-refractivity contribution < 1.29 is 4.74 Å². The van der Waals surface area contributed by atoms with Crippen molar-refractivity contribution in [1.29, 1.82) is 5.26 Å². The van der Waals surface area contributed by atoms with E-state index in [-0.39, 0.29) is 11.1 Å². The van der Waals surface area contributed by atoms with Crippen LogP contribution in [0.15, 0.2) is 59.4 Å². The first-order valence-corrected chi connectivity index (χ1v) is 10.3. The number of H-pyrrole nitrogens is 1. The maximum atomic E-state index is 12.5. The van der Waals surface area contributed by atoms with Gasteiger partial charge in [-0.2, -0.15) is 5.26 Å². The SMILES string of the molecule is N#Cc1c(N2CCCCC2)nc(Cc2ccccc2OCc2ccccc2)[nH]c1=O. The Morgan fingerprint density at radius 3 is 2.53 bits per heavy atom. The van der Waals surface area contributed by atoms with Gasteiger partial charge in [0.2, 0.25) is 0 Å². The van der Waals surface area contributed by atoms with Crippen LogP contribution in [0.1, 0.15) is 41.8 Å². The zero-order chi connectivity index (χ0) is 20.8. The van der Waals surface area contributed by atoms with Crippen molar-refractivity contribution in [1.82, 2.24) is 9.97 Å². The van der Waals surface area contributed by atoms with Gasteiger partial charge in [0.1, 0.15) is 24.3 Å². The molecule has 2 aromatic carbocycles. The average molecular weight is 400 g/mol. The lowest BCUT2D eigenvalue weighted by Crippen LogP contribution is -2.33. The van der Waals surface area contributed by atoms with Crippen molar-refractivity contribution in [2.24, 2.45) is 0 Å². The number of rotatable bonds is 6. The molecule has 1 saturated heterocycles. The fraction of sp³-hybridized carbons (Fsp3) is 0.292. The van der Waals surface area contributed by atoms with E-state index in [9.17, 15) is 10.1 Å². The molecule has 1 aliphatic heterocycles. The topological polar surface area (TPSA) is 82.0 Å². The van der Waals surface area contributed by atoms with E-state index in [1.807, 2.05) is 60.7 Å². The van der Waals surface area contributed by atoms with E-state index in [1.165, 1.54) is 6.42 Å². The first kappa shape index (κ1) is 19.7. The van der Waals surface area contributed by atoms with Crippen molar-refractivity contribution in [3.8, 4) is 11.8 Å². The summed E-state index contributed by atoms with van der Waals surface area (Å²) in [7, 11) is 0. The van der Waals surface area contributed by atoms with E-state index in [2.05, 4.69) is 14.9 Å². The van der Waals surface area contributed by atoms with Crippen LogP contribution in [0.3, 0.4) is 0 Å². The molecule has 2 heterocycles. The molecule has 6 heteroatoms. The van der Waals surface area contributed by atoms with Gasteiger partial charge in [0.25, 0.3) is 5.56 Å². The van der Waals surface area contributed by atoms with Crippen LogP contribution in [-0.4, -0.2) is 23.1 Å². The lowest BCUT2D eigenvalue weighted by molar-refractivity contribution is 0.303. The molecule has 0 unspecified atom stereocenters. The van der Waals surface area contributed by atoms with E-state index >= 15 is 0 Å². The molecule has 1 aliphatic rings. The number of nitrogens with one attached hydrogen (secondary N) is 1. The smallest absolute Gasteiger partial charge is 0.271 e. The molecule has 6 nitrogen and oxygen atoms in total. The van der Waals surface area contributed by atoms with E-state index < -0.39 is 0 Å². The third kappa shape index (κ3) is 4.52. The fourth-order valence-corrected chi connectivity index (χ4v) is 3.73. The lowest BCUT2D eigenvalue weighted by Gasteiger charge is -2.28. The van der Waals surface area contributed by atoms with Crippen LogP contribution < -0.4 is 15.2 Å². The largest absolute Gasteiger partial charge is 0.489 e. The highest BCUT2D eigenvalue weighted by atomic mass is 16.5. The second kappa shape index (κ2) is 9.27. The molecule has 0 spiro atoms. The number of aromatic amines is 1. The molecule has 1 fully saturated rings. The summed E-state index contributed by atoms with van der Waals surface area (Å²) in [5.41, 5.74) is 1.73. The predicted molar refractivity (Wildman–Crippen MR) is 116 cm³/mol. The van der Waals surface area contributed by atoms with Gasteiger partial charge in [-0.1, -0.05) is 48.5 Å². The predicted octanol–water partition coefficient (Wildman–Crippen LogP) is 3.80. The summed E-state index contributed by atoms with van der Waals surface area (Å²) < 4.78 is 6.03. The van der Waals surface area contributed by atoms with Crippen LogP contribution >= 0.6 is 0 Å². The maximum Gasteiger partial charge on any atom is 0.271 e. The van der Waals surface area contributed by atoms with Crippen LogP contribution in [0, 0.1) is 11.3 Å². The number of ether oxygens (including phenoxy) is 1. The number of hydrogen-bond acceptors (Lipinski definition) is 5. The molecule has 0 saturated carbocycles. The maximum absolute atomic E-state index is 12.5. The zero-order valence-corrected chi connectivity index (χ0v) is 16.8. The Bertz CT molecular complexity index is 1100. The average Bonchev–Trinajstić information content (AvgIpc) is 2.79. The highest BCUT2D eigenvalue weighted by Gasteiger charge is 2.20. The lowest BCUT2D eigenvalue weighted by atomic mass is 10.1. The van der Waals surface area contributed by atoms with Gasteiger partial charge < -0.3 is 14.6 Å². The quantitative estimate of drug-likeness (QED) is 0.681. The highest BCUT2D eigenvalue weighted by Crippen LogP contribution is 2.24. The molecule has 0 atom stereocenters. The van der Waals surface area contributed by atoms with Gasteiger partial charge in [0.05, 0.1) is 0 Å². The minimum atomic E-state index is -0.384. The first-order chi connectivity index (χ1) is 14.7. The summed E-state index contributed by atoms with van der Waals surface area (Å²) in [4.78, 5) is 22.1. The molecule has 152 valence electrons. The fourth-order valence-electron chi connectivity index (χ4n) is 3.73. The summed E-state index contributed by atoms with van der Waals surface area (Å²) in [6.45, 7) is 2.11. The summed E-state index contributed by atoms with van der Waals surface area (Å²) in [5, 5.41) is 9.48. The van der Waals surface area contributed by atoms with Gasteiger partial charge in [-0.25, -0.2) is 4.98 Å². The number of aromatic nitrogens is 2. The Morgan fingerprint density at radius 1 is 1.03 bits per heavy atom. The summed E-state index contributed by atoms with van der Waals surface area (Å²) in [6.07, 6.45) is 3.68. The van der Waals surface area contributed by atoms with Crippen LogP contribution in [0.2, 0.25) is 0 Å². The molecular formula is C24H24N4O2. The van der Waals surface area contributed by atoms with Crippen LogP contribution in [0.5, 0.6) is 5.75 Å². The number of piperidine rings is 1. The van der Waals surface area contributed by atoms with Gasteiger partial charge in [0, 0.05) is 25.1 Å². The van der Waals surface area contributed by atoms with Gasteiger partial charge in [-0.3, -0.25) is 4.79 Å².